The Bertz CT molecular complexity index is 1040. The molecule has 0 spiro atoms. The Hall–Kier alpha value is -3.11. The first kappa shape index (κ1) is 22.6. The molecular weight excluding hydrogens is 422 g/mol. The fraction of sp³-hybridized carbons (Fsp3) is 0.333. The summed E-state index contributed by atoms with van der Waals surface area (Å²) < 4.78 is 37.7. The van der Waals surface area contributed by atoms with Crippen molar-refractivity contribution in [3.05, 3.63) is 48.0 Å². The lowest BCUT2D eigenvalue weighted by Crippen LogP contribution is -2.50. The van der Waals surface area contributed by atoms with Crippen LogP contribution in [0.25, 0.3) is 0 Å². The number of benzene rings is 2. The summed E-state index contributed by atoms with van der Waals surface area (Å²) in [5, 5.41) is 2.60. The Morgan fingerprint density at radius 1 is 0.903 bits per heavy atom. The highest BCUT2D eigenvalue weighted by atomic mass is 32.2. The summed E-state index contributed by atoms with van der Waals surface area (Å²) in [6.07, 6.45) is 0. The number of hydrogen-bond acceptors (Lipinski definition) is 6. The summed E-state index contributed by atoms with van der Waals surface area (Å²) in [6.45, 7) is 2.28. The molecule has 166 valence electrons. The van der Waals surface area contributed by atoms with Gasteiger partial charge in [0.2, 0.25) is 15.9 Å². The first-order valence-electron chi connectivity index (χ1n) is 9.64. The first-order chi connectivity index (χ1) is 14.7. The molecular formula is C21H25N3O6S. The second-order valence-corrected chi connectivity index (χ2v) is 8.94. The second kappa shape index (κ2) is 9.36. The molecule has 0 bridgehead atoms. The largest absolute Gasteiger partial charge is 0.497 e. The zero-order valence-corrected chi connectivity index (χ0v) is 18.4. The standard InChI is InChI=1S/C21H25N3O6S/c1-15(25)22-17-4-6-20(7-5-17)31(27,28)24-10-8-23(9-11-24)21(26)16-12-18(29-2)14-19(13-16)30-3/h4-7,12-14H,8-11H2,1-3H3,(H,22,25). The van der Waals surface area contributed by atoms with E-state index in [1.807, 2.05) is 0 Å². The topological polar surface area (TPSA) is 105 Å². The molecule has 0 atom stereocenters. The van der Waals surface area contributed by atoms with Crippen molar-refractivity contribution in [2.45, 2.75) is 11.8 Å². The van der Waals surface area contributed by atoms with E-state index in [1.165, 1.54) is 37.6 Å². The lowest BCUT2D eigenvalue weighted by Gasteiger charge is -2.34. The molecule has 31 heavy (non-hydrogen) atoms. The molecule has 2 aromatic rings. The first-order valence-corrected chi connectivity index (χ1v) is 11.1. The maximum Gasteiger partial charge on any atom is 0.254 e. The number of methoxy groups -OCH3 is 2. The van der Waals surface area contributed by atoms with Crippen LogP contribution in [0.15, 0.2) is 47.4 Å². The van der Waals surface area contributed by atoms with Crippen molar-refractivity contribution in [1.82, 2.24) is 9.21 Å². The van der Waals surface area contributed by atoms with Gasteiger partial charge in [-0.05, 0) is 36.4 Å². The van der Waals surface area contributed by atoms with Crippen LogP contribution in [-0.4, -0.2) is 69.8 Å². The van der Waals surface area contributed by atoms with Gasteiger partial charge >= 0.3 is 0 Å². The van der Waals surface area contributed by atoms with E-state index >= 15 is 0 Å². The highest BCUT2D eigenvalue weighted by Crippen LogP contribution is 2.25. The number of carbonyl (C=O) groups excluding carboxylic acids is 2. The van der Waals surface area contributed by atoms with Crippen molar-refractivity contribution in [2.24, 2.45) is 0 Å². The third-order valence-electron chi connectivity index (χ3n) is 4.94. The van der Waals surface area contributed by atoms with E-state index in [4.69, 9.17) is 9.47 Å². The number of carbonyl (C=O) groups is 2. The molecule has 10 heteroatoms. The van der Waals surface area contributed by atoms with Crippen LogP contribution < -0.4 is 14.8 Å². The number of anilines is 1. The van der Waals surface area contributed by atoms with E-state index in [0.29, 0.717) is 22.7 Å². The SMILES string of the molecule is COc1cc(OC)cc(C(=O)N2CCN(S(=O)(=O)c3ccc(NC(C)=O)cc3)CC2)c1. The van der Waals surface area contributed by atoms with Gasteiger partial charge in [0.05, 0.1) is 19.1 Å². The normalized spacial score (nSPS) is 14.7. The smallest absolute Gasteiger partial charge is 0.254 e. The number of ether oxygens (including phenoxy) is 2. The summed E-state index contributed by atoms with van der Waals surface area (Å²) in [6, 6.07) is 10.9. The van der Waals surface area contributed by atoms with Crippen molar-refractivity contribution >= 4 is 27.5 Å². The molecule has 1 N–H and O–H groups in total. The minimum atomic E-state index is -3.70. The zero-order chi connectivity index (χ0) is 22.6. The molecule has 1 aliphatic rings. The molecule has 2 aromatic carbocycles. The summed E-state index contributed by atoms with van der Waals surface area (Å²) in [7, 11) is -0.681. The van der Waals surface area contributed by atoms with Crippen molar-refractivity contribution in [2.75, 3.05) is 45.7 Å². The average molecular weight is 448 g/mol. The van der Waals surface area contributed by atoms with E-state index in [1.54, 1.807) is 35.2 Å². The lowest BCUT2D eigenvalue weighted by atomic mass is 10.1. The Morgan fingerprint density at radius 2 is 1.45 bits per heavy atom. The van der Waals surface area contributed by atoms with E-state index in [-0.39, 0.29) is 42.9 Å². The molecule has 0 unspecified atom stereocenters. The van der Waals surface area contributed by atoms with Gasteiger partial charge in [-0.1, -0.05) is 0 Å². The van der Waals surface area contributed by atoms with Gasteiger partial charge in [-0.25, -0.2) is 8.42 Å². The van der Waals surface area contributed by atoms with Crippen LogP contribution in [-0.2, 0) is 14.8 Å². The Balaban J connectivity index is 1.68. The molecule has 0 saturated carbocycles. The fourth-order valence-electron chi connectivity index (χ4n) is 3.31. The van der Waals surface area contributed by atoms with Crippen molar-refractivity contribution in [1.29, 1.82) is 0 Å². The van der Waals surface area contributed by atoms with Gasteiger partial charge < -0.3 is 19.7 Å². The Kier molecular flexibility index (Phi) is 6.81. The molecule has 1 heterocycles. The second-order valence-electron chi connectivity index (χ2n) is 7.00. The van der Waals surface area contributed by atoms with Crippen LogP contribution in [0.5, 0.6) is 11.5 Å². The number of hydrogen-bond donors (Lipinski definition) is 1. The molecule has 3 rings (SSSR count). The molecule has 0 aliphatic carbocycles. The van der Waals surface area contributed by atoms with E-state index in [2.05, 4.69) is 5.32 Å². The summed E-state index contributed by atoms with van der Waals surface area (Å²) in [5.41, 5.74) is 0.941. The maximum atomic E-state index is 12.9. The van der Waals surface area contributed by atoms with Gasteiger partial charge in [-0.2, -0.15) is 4.31 Å². The van der Waals surface area contributed by atoms with Crippen LogP contribution in [0.1, 0.15) is 17.3 Å². The predicted octanol–water partition coefficient (Wildman–Crippen LogP) is 1.81. The molecule has 1 fully saturated rings. The maximum absolute atomic E-state index is 12.9. The zero-order valence-electron chi connectivity index (χ0n) is 17.6. The van der Waals surface area contributed by atoms with Gasteiger partial charge in [0.1, 0.15) is 11.5 Å². The summed E-state index contributed by atoms with van der Waals surface area (Å²) >= 11 is 0. The number of sulfonamides is 1. The minimum absolute atomic E-state index is 0.138. The third-order valence-corrected chi connectivity index (χ3v) is 6.85. The quantitative estimate of drug-likeness (QED) is 0.724. The highest BCUT2D eigenvalue weighted by molar-refractivity contribution is 7.89. The van der Waals surface area contributed by atoms with Crippen molar-refractivity contribution < 1.29 is 27.5 Å². The highest BCUT2D eigenvalue weighted by Gasteiger charge is 2.30. The van der Waals surface area contributed by atoms with Crippen LogP contribution in [0.2, 0.25) is 0 Å². The molecule has 0 aromatic heterocycles. The third kappa shape index (κ3) is 5.15. The van der Waals surface area contributed by atoms with Gasteiger partial charge in [-0.3, -0.25) is 9.59 Å². The van der Waals surface area contributed by atoms with Gasteiger partial charge in [0, 0.05) is 50.4 Å². The summed E-state index contributed by atoms with van der Waals surface area (Å²) in [5.74, 6) is 0.567. The molecule has 2 amide bonds. The van der Waals surface area contributed by atoms with Crippen LogP contribution in [0.4, 0.5) is 5.69 Å². The molecule has 1 saturated heterocycles. The van der Waals surface area contributed by atoms with Crippen molar-refractivity contribution in [3.8, 4) is 11.5 Å². The van der Waals surface area contributed by atoms with Crippen LogP contribution >= 0.6 is 0 Å². The predicted molar refractivity (Wildman–Crippen MR) is 115 cm³/mol. The minimum Gasteiger partial charge on any atom is -0.497 e. The number of piperazine rings is 1. The number of nitrogens with zero attached hydrogens (tertiary/aromatic N) is 2. The Morgan fingerprint density at radius 3 is 1.94 bits per heavy atom. The van der Waals surface area contributed by atoms with Crippen LogP contribution in [0, 0.1) is 0 Å². The van der Waals surface area contributed by atoms with Crippen LogP contribution in [0.3, 0.4) is 0 Å². The lowest BCUT2D eigenvalue weighted by molar-refractivity contribution is -0.114. The average Bonchev–Trinajstić information content (AvgIpc) is 2.78. The molecule has 0 radical (unpaired) electrons. The summed E-state index contributed by atoms with van der Waals surface area (Å²) in [4.78, 5) is 25.8. The monoisotopic (exact) mass is 447 g/mol. The number of rotatable bonds is 6. The van der Waals surface area contributed by atoms with Gasteiger partial charge in [-0.15, -0.1) is 0 Å². The number of amides is 2. The van der Waals surface area contributed by atoms with Crippen molar-refractivity contribution in [3.63, 3.8) is 0 Å². The molecule has 9 nitrogen and oxygen atoms in total. The fourth-order valence-corrected chi connectivity index (χ4v) is 4.73. The van der Waals surface area contributed by atoms with Gasteiger partial charge in [0.15, 0.2) is 0 Å². The van der Waals surface area contributed by atoms with E-state index in [0.717, 1.165) is 0 Å². The number of nitrogens with one attached hydrogen (secondary N) is 1. The van der Waals surface area contributed by atoms with Gasteiger partial charge in [0.25, 0.3) is 5.91 Å². The molecule has 1 aliphatic heterocycles. The van der Waals surface area contributed by atoms with E-state index in [9.17, 15) is 18.0 Å². The van der Waals surface area contributed by atoms with E-state index < -0.39 is 10.0 Å². The Labute approximate surface area is 181 Å².